The zero-order valence-electron chi connectivity index (χ0n) is 10.7. The van der Waals surface area contributed by atoms with E-state index in [9.17, 15) is 0 Å². The highest BCUT2D eigenvalue weighted by Gasteiger charge is 2.21. The fraction of sp³-hybridized carbons (Fsp3) is 0.385. The first kappa shape index (κ1) is 13.5. The largest absolute Gasteiger partial charge is 0.472 e. The van der Waals surface area contributed by atoms with Crippen LogP contribution >= 0.6 is 23.2 Å². The molecule has 1 aliphatic heterocycles. The number of hydrogen-bond acceptors (Lipinski definition) is 4. The number of benzene rings is 1. The summed E-state index contributed by atoms with van der Waals surface area (Å²) in [6.07, 6.45) is 3.61. The monoisotopic (exact) mass is 312 g/mol. The maximum absolute atomic E-state index is 6.04. The van der Waals surface area contributed by atoms with Crippen molar-refractivity contribution < 1.29 is 4.74 Å². The van der Waals surface area contributed by atoms with Crippen LogP contribution in [0.2, 0.25) is 10.0 Å². The molecule has 20 heavy (non-hydrogen) atoms. The average Bonchev–Trinajstić information content (AvgIpc) is 2.91. The Morgan fingerprint density at radius 1 is 1.15 bits per heavy atom. The lowest BCUT2D eigenvalue weighted by Gasteiger charge is -2.33. The van der Waals surface area contributed by atoms with Gasteiger partial charge in [-0.05, 0) is 18.2 Å². The molecule has 2 heterocycles. The predicted octanol–water partition coefficient (Wildman–Crippen LogP) is 3.16. The Hall–Kier alpha value is -1.46. The van der Waals surface area contributed by atoms with Crippen LogP contribution < -0.4 is 9.64 Å². The second-order valence-corrected chi connectivity index (χ2v) is 5.61. The van der Waals surface area contributed by atoms with Crippen LogP contribution in [0.3, 0.4) is 0 Å². The SMILES string of the molecule is Clc1cc(Cl)cc(N2CCC(Oc3cn[nH]n3)CC2)c1. The number of piperidine rings is 1. The third-order valence-corrected chi connectivity index (χ3v) is 3.77. The molecule has 1 N–H and O–H groups in total. The zero-order valence-corrected chi connectivity index (χ0v) is 12.2. The van der Waals surface area contributed by atoms with Gasteiger partial charge in [-0.3, -0.25) is 0 Å². The van der Waals surface area contributed by atoms with Gasteiger partial charge in [0.2, 0.25) is 0 Å². The van der Waals surface area contributed by atoms with E-state index in [2.05, 4.69) is 20.3 Å². The molecule has 0 atom stereocenters. The number of aromatic amines is 1. The van der Waals surface area contributed by atoms with Gasteiger partial charge in [0, 0.05) is 41.7 Å². The molecule has 106 valence electrons. The molecule has 0 bridgehead atoms. The van der Waals surface area contributed by atoms with E-state index in [1.54, 1.807) is 12.3 Å². The molecule has 2 aromatic rings. The van der Waals surface area contributed by atoms with Gasteiger partial charge in [-0.1, -0.05) is 23.2 Å². The van der Waals surface area contributed by atoms with Gasteiger partial charge >= 0.3 is 0 Å². The van der Waals surface area contributed by atoms with E-state index in [0.29, 0.717) is 15.9 Å². The topological polar surface area (TPSA) is 54.0 Å². The summed E-state index contributed by atoms with van der Waals surface area (Å²) in [5.74, 6) is 0.550. The van der Waals surface area contributed by atoms with Gasteiger partial charge in [-0.15, -0.1) is 5.10 Å². The van der Waals surface area contributed by atoms with Crippen molar-refractivity contribution in [1.29, 1.82) is 0 Å². The highest BCUT2D eigenvalue weighted by atomic mass is 35.5. The Labute approximate surface area is 126 Å². The van der Waals surface area contributed by atoms with Crippen molar-refractivity contribution in [2.45, 2.75) is 18.9 Å². The molecule has 1 fully saturated rings. The average molecular weight is 313 g/mol. The number of ether oxygens (including phenoxy) is 1. The Morgan fingerprint density at radius 2 is 1.85 bits per heavy atom. The number of aromatic nitrogens is 3. The van der Waals surface area contributed by atoms with Crippen molar-refractivity contribution in [2.24, 2.45) is 0 Å². The van der Waals surface area contributed by atoms with Gasteiger partial charge in [-0.25, -0.2) is 0 Å². The normalized spacial score (nSPS) is 16.4. The van der Waals surface area contributed by atoms with E-state index in [1.807, 2.05) is 12.1 Å². The molecular formula is C13H14Cl2N4O. The maximum Gasteiger partial charge on any atom is 0.253 e. The van der Waals surface area contributed by atoms with E-state index >= 15 is 0 Å². The quantitative estimate of drug-likeness (QED) is 0.946. The van der Waals surface area contributed by atoms with Crippen LogP contribution in [0, 0.1) is 0 Å². The van der Waals surface area contributed by atoms with Gasteiger partial charge in [0.1, 0.15) is 12.3 Å². The van der Waals surface area contributed by atoms with Crippen LogP contribution in [0.15, 0.2) is 24.4 Å². The fourth-order valence-corrected chi connectivity index (χ4v) is 2.89. The van der Waals surface area contributed by atoms with Gasteiger partial charge in [0.15, 0.2) is 0 Å². The minimum atomic E-state index is 0.172. The van der Waals surface area contributed by atoms with E-state index in [1.165, 1.54) is 0 Å². The number of H-pyrrole nitrogens is 1. The summed E-state index contributed by atoms with van der Waals surface area (Å²) in [4.78, 5) is 2.26. The molecule has 1 aliphatic rings. The van der Waals surface area contributed by atoms with E-state index in [0.717, 1.165) is 31.6 Å². The molecule has 0 unspecified atom stereocenters. The lowest BCUT2D eigenvalue weighted by atomic mass is 10.1. The van der Waals surface area contributed by atoms with Crippen LogP contribution in [0.1, 0.15) is 12.8 Å². The molecule has 1 aromatic carbocycles. The third kappa shape index (κ3) is 3.16. The summed E-state index contributed by atoms with van der Waals surface area (Å²) in [5.41, 5.74) is 1.06. The van der Waals surface area contributed by atoms with Crippen molar-refractivity contribution in [1.82, 2.24) is 15.4 Å². The summed E-state index contributed by atoms with van der Waals surface area (Å²) in [5, 5.41) is 11.5. The van der Waals surface area contributed by atoms with Crippen molar-refractivity contribution in [3.05, 3.63) is 34.4 Å². The number of nitrogens with zero attached hydrogens (tertiary/aromatic N) is 3. The number of nitrogens with one attached hydrogen (secondary N) is 1. The standard InChI is InChI=1S/C13H14Cl2N4O/c14-9-5-10(15)7-11(6-9)19-3-1-12(2-4-19)20-13-8-16-18-17-13/h5-8,12H,1-4H2,(H,16,17,18). The second-order valence-electron chi connectivity index (χ2n) is 4.74. The summed E-state index contributed by atoms with van der Waals surface area (Å²) < 4.78 is 5.74. The molecule has 0 amide bonds. The van der Waals surface area contributed by atoms with Crippen molar-refractivity contribution in [3.63, 3.8) is 0 Å². The third-order valence-electron chi connectivity index (χ3n) is 3.33. The molecule has 0 aliphatic carbocycles. The van der Waals surface area contributed by atoms with Crippen LogP contribution in [-0.4, -0.2) is 34.6 Å². The molecule has 0 saturated carbocycles. The summed E-state index contributed by atoms with van der Waals surface area (Å²) >= 11 is 12.1. The van der Waals surface area contributed by atoms with Crippen LogP contribution in [0.5, 0.6) is 5.88 Å². The smallest absolute Gasteiger partial charge is 0.253 e. The molecule has 7 heteroatoms. The predicted molar refractivity (Wildman–Crippen MR) is 78.7 cm³/mol. The van der Waals surface area contributed by atoms with Crippen molar-refractivity contribution in [2.75, 3.05) is 18.0 Å². The number of halogens is 2. The van der Waals surface area contributed by atoms with Gasteiger partial charge in [0.25, 0.3) is 5.88 Å². The number of rotatable bonds is 3. The fourth-order valence-electron chi connectivity index (χ4n) is 2.37. The van der Waals surface area contributed by atoms with E-state index in [4.69, 9.17) is 27.9 Å². The summed E-state index contributed by atoms with van der Waals surface area (Å²) in [6, 6.07) is 5.62. The highest BCUT2D eigenvalue weighted by Crippen LogP contribution is 2.28. The molecule has 3 rings (SSSR count). The molecule has 1 saturated heterocycles. The van der Waals surface area contributed by atoms with Crippen molar-refractivity contribution >= 4 is 28.9 Å². The first-order valence-corrected chi connectivity index (χ1v) is 7.20. The lowest BCUT2D eigenvalue weighted by Crippen LogP contribution is -2.38. The van der Waals surface area contributed by atoms with Gasteiger partial charge in [0.05, 0.1) is 0 Å². The molecule has 1 aromatic heterocycles. The van der Waals surface area contributed by atoms with Gasteiger partial charge in [-0.2, -0.15) is 10.3 Å². The second kappa shape index (κ2) is 5.89. The van der Waals surface area contributed by atoms with E-state index in [-0.39, 0.29) is 6.10 Å². The lowest BCUT2D eigenvalue weighted by molar-refractivity contribution is 0.164. The summed E-state index contributed by atoms with van der Waals surface area (Å²) in [7, 11) is 0. The zero-order chi connectivity index (χ0) is 13.9. The Kier molecular flexibility index (Phi) is 3.98. The molecule has 0 radical (unpaired) electrons. The summed E-state index contributed by atoms with van der Waals surface area (Å²) in [6.45, 7) is 1.80. The molecular weight excluding hydrogens is 299 g/mol. The van der Waals surface area contributed by atoms with Crippen LogP contribution in [0.4, 0.5) is 5.69 Å². The Balaban J connectivity index is 1.60. The van der Waals surface area contributed by atoms with Crippen LogP contribution in [-0.2, 0) is 0 Å². The molecule has 0 spiro atoms. The maximum atomic E-state index is 6.04. The first-order valence-electron chi connectivity index (χ1n) is 6.44. The Morgan fingerprint density at radius 3 is 2.45 bits per heavy atom. The number of hydrogen-bond donors (Lipinski definition) is 1. The van der Waals surface area contributed by atoms with Gasteiger partial charge < -0.3 is 9.64 Å². The van der Waals surface area contributed by atoms with E-state index < -0.39 is 0 Å². The minimum Gasteiger partial charge on any atom is -0.472 e. The number of anilines is 1. The minimum absolute atomic E-state index is 0.172. The molecule has 5 nitrogen and oxygen atoms in total. The van der Waals surface area contributed by atoms with Crippen LogP contribution in [0.25, 0.3) is 0 Å². The first-order chi connectivity index (χ1) is 9.70. The Bertz CT molecular complexity index is 548. The van der Waals surface area contributed by atoms with Crippen molar-refractivity contribution in [3.8, 4) is 5.88 Å². The highest BCUT2D eigenvalue weighted by molar-refractivity contribution is 6.35.